The van der Waals surface area contributed by atoms with Crippen molar-refractivity contribution in [3.63, 3.8) is 0 Å². The van der Waals surface area contributed by atoms with Crippen LogP contribution in [-0.4, -0.2) is 42.7 Å². The highest BCUT2D eigenvalue weighted by atomic mass is 19.4. The molecule has 18 heavy (non-hydrogen) atoms. The Morgan fingerprint density at radius 3 is 2.17 bits per heavy atom. The fraction of sp³-hybridized carbons (Fsp3) is 0.917. The molecule has 0 aromatic heterocycles. The Labute approximate surface area is 107 Å². The molecule has 0 aliphatic heterocycles. The first kappa shape index (κ1) is 17.2. The molecule has 0 fully saturated rings. The molecule has 0 unspecified atom stereocenters. The molecule has 0 aliphatic carbocycles. The van der Waals surface area contributed by atoms with E-state index in [1.807, 2.05) is 6.92 Å². The molecule has 0 aromatic rings. The largest absolute Gasteiger partial charge is 0.406 e. The minimum Gasteiger partial charge on any atom is -0.331 e. The van der Waals surface area contributed by atoms with E-state index in [0.29, 0.717) is 25.9 Å². The first-order valence-electron chi connectivity index (χ1n) is 6.42. The molecule has 108 valence electrons. The molecule has 0 saturated heterocycles. The van der Waals surface area contributed by atoms with Gasteiger partial charge in [0.2, 0.25) is 5.91 Å². The Bertz CT molecular complexity index is 240. The normalized spacial score (nSPS) is 11.9. The summed E-state index contributed by atoms with van der Waals surface area (Å²) in [7, 11) is 0. The van der Waals surface area contributed by atoms with Crippen LogP contribution in [0.2, 0.25) is 0 Å². The number of hydrogen-bond acceptors (Lipinski definition) is 2. The topological polar surface area (TPSA) is 32.3 Å². The second kappa shape index (κ2) is 8.34. The number of hydrogen-bond donors (Lipinski definition) is 1. The lowest BCUT2D eigenvalue weighted by molar-refractivity contribution is -0.166. The van der Waals surface area contributed by atoms with Crippen LogP contribution in [0.25, 0.3) is 0 Å². The summed E-state index contributed by atoms with van der Waals surface area (Å²) in [5.41, 5.74) is 0. The van der Waals surface area contributed by atoms with Gasteiger partial charge >= 0.3 is 6.18 Å². The summed E-state index contributed by atoms with van der Waals surface area (Å²) in [6.45, 7) is 5.47. The van der Waals surface area contributed by atoms with Crippen LogP contribution < -0.4 is 5.32 Å². The number of nitrogens with zero attached hydrogens (tertiary/aromatic N) is 1. The van der Waals surface area contributed by atoms with Gasteiger partial charge in [-0.2, -0.15) is 13.2 Å². The summed E-state index contributed by atoms with van der Waals surface area (Å²) in [6.07, 6.45) is -3.14. The highest BCUT2D eigenvalue weighted by Gasteiger charge is 2.35. The van der Waals surface area contributed by atoms with Crippen LogP contribution in [0.15, 0.2) is 0 Å². The predicted molar refractivity (Wildman–Crippen MR) is 65.3 cm³/mol. The third kappa shape index (κ3) is 6.83. The Balaban J connectivity index is 4.58. The second-order valence-electron chi connectivity index (χ2n) is 4.21. The van der Waals surface area contributed by atoms with Crippen molar-refractivity contribution in [3.8, 4) is 0 Å². The molecule has 0 aromatic carbocycles. The van der Waals surface area contributed by atoms with Gasteiger partial charge in [0, 0.05) is 19.0 Å². The molecule has 0 bridgehead atoms. The lowest BCUT2D eigenvalue weighted by Crippen LogP contribution is -2.46. The van der Waals surface area contributed by atoms with Gasteiger partial charge in [0.15, 0.2) is 0 Å². The number of carbonyl (C=O) groups excluding carboxylic acids is 1. The molecular weight excluding hydrogens is 245 g/mol. The van der Waals surface area contributed by atoms with Crippen molar-refractivity contribution >= 4 is 5.91 Å². The lowest BCUT2D eigenvalue weighted by atomic mass is 10.1. The Morgan fingerprint density at radius 2 is 1.78 bits per heavy atom. The van der Waals surface area contributed by atoms with Gasteiger partial charge in [-0.1, -0.05) is 20.8 Å². The van der Waals surface area contributed by atoms with Gasteiger partial charge in [0.25, 0.3) is 0 Å². The maximum Gasteiger partial charge on any atom is 0.406 e. The van der Waals surface area contributed by atoms with Crippen LogP contribution in [-0.2, 0) is 4.79 Å². The molecule has 1 amide bonds. The average molecular weight is 268 g/mol. The summed E-state index contributed by atoms with van der Waals surface area (Å²) in [6, 6.07) is -0.333. The first-order valence-corrected chi connectivity index (χ1v) is 6.42. The van der Waals surface area contributed by atoms with Crippen molar-refractivity contribution in [2.45, 2.75) is 52.3 Å². The van der Waals surface area contributed by atoms with E-state index in [0.717, 1.165) is 4.90 Å². The van der Waals surface area contributed by atoms with Crippen LogP contribution in [0.5, 0.6) is 0 Å². The lowest BCUT2D eigenvalue weighted by Gasteiger charge is -2.31. The number of alkyl halides is 3. The van der Waals surface area contributed by atoms with Gasteiger partial charge in [-0.05, 0) is 19.4 Å². The van der Waals surface area contributed by atoms with Gasteiger partial charge in [-0.15, -0.1) is 0 Å². The number of rotatable bonds is 8. The van der Waals surface area contributed by atoms with E-state index in [1.165, 1.54) is 0 Å². The van der Waals surface area contributed by atoms with Crippen molar-refractivity contribution < 1.29 is 18.0 Å². The number of amides is 1. The van der Waals surface area contributed by atoms with Crippen LogP contribution in [0.3, 0.4) is 0 Å². The fourth-order valence-corrected chi connectivity index (χ4v) is 1.86. The highest BCUT2D eigenvalue weighted by Crippen LogP contribution is 2.21. The van der Waals surface area contributed by atoms with Crippen LogP contribution in [0.1, 0.15) is 40.0 Å². The van der Waals surface area contributed by atoms with Crippen LogP contribution >= 0.6 is 0 Å². The average Bonchev–Trinajstić information content (AvgIpc) is 2.28. The quantitative estimate of drug-likeness (QED) is 0.686. The summed E-state index contributed by atoms with van der Waals surface area (Å²) >= 11 is 0. The zero-order chi connectivity index (χ0) is 14.2. The molecule has 0 rings (SSSR count). The molecule has 0 spiro atoms. The van der Waals surface area contributed by atoms with E-state index >= 15 is 0 Å². The van der Waals surface area contributed by atoms with E-state index in [2.05, 4.69) is 5.32 Å². The van der Waals surface area contributed by atoms with Gasteiger partial charge in [-0.3, -0.25) is 4.79 Å². The molecule has 1 N–H and O–H groups in total. The van der Waals surface area contributed by atoms with Gasteiger partial charge in [-0.25, -0.2) is 0 Å². The zero-order valence-corrected chi connectivity index (χ0v) is 11.3. The molecule has 3 nitrogen and oxygen atoms in total. The third-order valence-corrected chi connectivity index (χ3v) is 2.82. The zero-order valence-electron chi connectivity index (χ0n) is 11.3. The van der Waals surface area contributed by atoms with Crippen molar-refractivity contribution in [1.29, 1.82) is 0 Å². The van der Waals surface area contributed by atoms with Crippen molar-refractivity contribution in [3.05, 3.63) is 0 Å². The van der Waals surface area contributed by atoms with E-state index < -0.39 is 18.6 Å². The van der Waals surface area contributed by atoms with Gasteiger partial charge in [0.05, 0.1) is 0 Å². The summed E-state index contributed by atoms with van der Waals surface area (Å²) < 4.78 is 37.4. The van der Waals surface area contributed by atoms with E-state index in [-0.39, 0.29) is 12.5 Å². The van der Waals surface area contributed by atoms with E-state index in [4.69, 9.17) is 0 Å². The van der Waals surface area contributed by atoms with Crippen molar-refractivity contribution in [2.24, 2.45) is 0 Å². The minimum absolute atomic E-state index is 0.112. The molecule has 0 atom stereocenters. The predicted octanol–water partition coefficient (Wildman–Crippen LogP) is 2.57. The first-order chi connectivity index (χ1) is 8.35. The van der Waals surface area contributed by atoms with Crippen LogP contribution in [0.4, 0.5) is 13.2 Å². The summed E-state index contributed by atoms with van der Waals surface area (Å²) in [4.78, 5) is 12.8. The third-order valence-electron chi connectivity index (χ3n) is 2.82. The second-order valence-corrected chi connectivity index (χ2v) is 4.21. The summed E-state index contributed by atoms with van der Waals surface area (Å²) in [5.74, 6) is -0.429. The molecular formula is C12H23F3N2O. The Kier molecular flexibility index (Phi) is 7.98. The van der Waals surface area contributed by atoms with Crippen molar-refractivity contribution in [2.75, 3.05) is 19.6 Å². The SMILES string of the molecule is CCNCCC(=O)N(CC(F)(F)F)C(CC)CC. The van der Waals surface area contributed by atoms with Crippen LogP contribution in [0, 0.1) is 0 Å². The van der Waals surface area contributed by atoms with E-state index in [1.54, 1.807) is 13.8 Å². The maximum atomic E-state index is 12.5. The Morgan fingerprint density at radius 1 is 1.22 bits per heavy atom. The minimum atomic E-state index is -4.34. The molecule has 0 aliphatic rings. The smallest absolute Gasteiger partial charge is 0.331 e. The maximum absolute atomic E-state index is 12.5. The van der Waals surface area contributed by atoms with Gasteiger partial charge < -0.3 is 10.2 Å². The monoisotopic (exact) mass is 268 g/mol. The Hall–Kier alpha value is -0.780. The number of halogens is 3. The van der Waals surface area contributed by atoms with Gasteiger partial charge in [0.1, 0.15) is 6.54 Å². The molecule has 0 heterocycles. The molecule has 0 saturated carbocycles. The molecule has 0 radical (unpaired) electrons. The standard InChI is InChI=1S/C12H23F3N2O/c1-4-10(5-2)17(9-12(13,14)15)11(18)7-8-16-6-3/h10,16H,4-9H2,1-3H3. The fourth-order valence-electron chi connectivity index (χ4n) is 1.86. The van der Waals surface area contributed by atoms with E-state index in [9.17, 15) is 18.0 Å². The summed E-state index contributed by atoms with van der Waals surface area (Å²) in [5, 5.41) is 2.94. The highest BCUT2D eigenvalue weighted by molar-refractivity contribution is 5.76. The molecule has 6 heteroatoms. The van der Waals surface area contributed by atoms with Crippen molar-refractivity contribution in [1.82, 2.24) is 10.2 Å². The number of carbonyl (C=O) groups is 1. The number of nitrogens with one attached hydrogen (secondary N) is 1.